The van der Waals surface area contributed by atoms with Crippen molar-refractivity contribution in [1.82, 2.24) is 9.88 Å². The van der Waals surface area contributed by atoms with Gasteiger partial charge in [0, 0.05) is 11.4 Å². The SMILES string of the molecule is Cc1nc(-c2cccs2)sc1C(=O)N1CCC[C@H]1c1cccs1. The summed E-state index contributed by atoms with van der Waals surface area (Å²) in [5.41, 5.74) is 0.847. The first-order chi connectivity index (χ1) is 11.2. The van der Waals surface area contributed by atoms with Crippen LogP contribution in [0, 0.1) is 6.92 Å². The molecule has 0 radical (unpaired) electrons. The molecule has 3 nitrogen and oxygen atoms in total. The van der Waals surface area contributed by atoms with Crippen molar-refractivity contribution in [3.63, 3.8) is 0 Å². The Hall–Kier alpha value is -1.50. The zero-order valence-electron chi connectivity index (χ0n) is 12.7. The van der Waals surface area contributed by atoms with Gasteiger partial charge in [0.25, 0.3) is 5.91 Å². The van der Waals surface area contributed by atoms with E-state index >= 15 is 0 Å². The number of amides is 1. The lowest BCUT2D eigenvalue weighted by molar-refractivity contribution is 0.0742. The molecular formula is C17H16N2OS3. The number of thiophene rings is 2. The van der Waals surface area contributed by atoms with Crippen LogP contribution in [0.15, 0.2) is 35.0 Å². The Bertz CT molecular complexity index is 805. The van der Waals surface area contributed by atoms with Crippen molar-refractivity contribution in [1.29, 1.82) is 0 Å². The summed E-state index contributed by atoms with van der Waals surface area (Å²) < 4.78 is 0. The Morgan fingerprint density at radius 2 is 2.09 bits per heavy atom. The Morgan fingerprint density at radius 1 is 1.26 bits per heavy atom. The van der Waals surface area contributed by atoms with Gasteiger partial charge in [0.15, 0.2) is 0 Å². The predicted molar refractivity (Wildman–Crippen MR) is 97.5 cm³/mol. The van der Waals surface area contributed by atoms with E-state index < -0.39 is 0 Å². The molecule has 1 aliphatic heterocycles. The molecule has 6 heteroatoms. The molecule has 0 bridgehead atoms. The molecule has 0 aliphatic carbocycles. The maximum Gasteiger partial charge on any atom is 0.266 e. The van der Waals surface area contributed by atoms with Crippen LogP contribution in [0.4, 0.5) is 0 Å². The van der Waals surface area contributed by atoms with Gasteiger partial charge in [-0.05, 0) is 42.7 Å². The molecule has 0 saturated carbocycles. The zero-order chi connectivity index (χ0) is 15.8. The summed E-state index contributed by atoms with van der Waals surface area (Å²) >= 11 is 4.93. The second-order valence-corrected chi connectivity index (χ2v) is 8.51. The molecule has 3 aromatic rings. The molecular weight excluding hydrogens is 344 g/mol. The van der Waals surface area contributed by atoms with E-state index in [1.807, 2.05) is 23.3 Å². The van der Waals surface area contributed by atoms with Crippen molar-refractivity contribution in [3.05, 3.63) is 50.5 Å². The molecule has 1 amide bonds. The van der Waals surface area contributed by atoms with Crippen LogP contribution in [0.1, 0.15) is 39.1 Å². The minimum atomic E-state index is 0.138. The number of carbonyl (C=O) groups excluding carboxylic acids is 1. The Labute approximate surface area is 147 Å². The van der Waals surface area contributed by atoms with E-state index in [2.05, 4.69) is 28.6 Å². The zero-order valence-corrected chi connectivity index (χ0v) is 15.1. The van der Waals surface area contributed by atoms with Crippen molar-refractivity contribution < 1.29 is 4.79 Å². The maximum absolute atomic E-state index is 13.1. The lowest BCUT2D eigenvalue weighted by atomic mass is 10.2. The van der Waals surface area contributed by atoms with E-state index in [0.29, 0.717) is 0 Å². The quantitative estimate of drug-likeness (QED) is 0.641. The molecule has 0 spiro atoms. The number of hydrogen-bond donors (Lipinski definition) is 0. The van der Waals surface area contributed by atoms with E-state index in [1.165, 1.54) is 16.2 Å². The van der Waals surface area contributed by atoms with E-state index in [1.54, 1.807) is 22.7 Å². The molecule has 0 N–H and O–H groups in total. The standard InChI is InChI=1S/C17H16N2OS3/c1-11-15(23-16(18-11)14-7-4-10-22-14)17(20)19-8-2-5-12(19)13-6-3-9-21-13/h3-4,6-7,9-10,12H,2,5,8H2,1H3/t12-/m0/s1. The van der Waals surface area contributed by atoms with Gasteiger partial charge < -0.3 is 4.90 Å². The summed E-state index contributed by atoms with van der Waals surface area (Å²) in [6.07, 6.45) is 2.13. The third-order valence-electron chi connectivity index (χ3n) is 4.11. The summed E-state index contributed by atoms with van der Waals surface area (Å²) in [4.78, 5) is 22.9. The second-order valence-electron chi connectivity index (χ2n) is 5.58. The second kappa shape index (κ2) is 6.19. The van der Waals surface area contributed by atoms with Crippen LogP contribution in [0.2, 0.25) is 0 Å². The van der Waals surface area contributed by atoms with Crippen LogP contribution in [0.25, 0.3) is 9.88 Å². The van der Waals surface area contributed by atoms with Crippen LogP contribution >= 0.6 is 34.0 Å². The summed E-state index contributed by atoms with van der Waals surface area (Å²) in [6.45, 7) is 2.78. The van der Waals surface area contributed by atoms with Gasteiger partial charge in [-0.3, -0.25) is 4.79 Å². The number of nitrogens with zero attached hydrogens (tertiary/aromatic N) is 2. The molecule has 23 heavy (non-hydrogen) atoms. The van der Waals surface area contributed by atoms with Crippen molar-refractivity contribution in [2.45, 2.75) is 25.8 Å². The highest BCUT2D eigenvalue weighted by Crippen LogP contribution is 2.38. The number of likely N-dealkylation sites (tertiary alicyclic amines) is 1. The van der Waals surface area contributed by atoms with Gasteiger partial charge >= 0.3 is 0 Å². The van der Waals surface area contributed by atoms with Gasteiger partial charge in [-0.1, -0.05) is 12.1 Å². The largest absolute Gasteiger partial charge is 0.330 e. The van der Waals surface area contributed by atoms with Gasteiger partial charge in [0.05, 0.1) is 16.6 Å². The smallest absolute Gasteiger partial charge is 0.266 e. The lowest BCUT2D eigenvalue weighted by Crippen LogP contribution is -2.30. The summed E-state index contributed by atoms with van der Waals surface area (Å²) in [6, 6.07) is 8.51. The first kappa shape index (κ1) is 15.1. The first-order valence-electron chi connectivity index (χ1n) is 7.59. The number of aryl methyl sites for hydroxylation is 1. The van der Waals surface area contributed by atoms with Crippen molar-refractivity contribution in [2.75, 3.05) is 6.54 Å². The van der Waals surface area contributed by atoms with E-state index in [9.17, 15) is 4.79 Å². The fraction of sp³-hybridized carbons (Fsp3) is 0.294. The Kier molecular flexibility index (Phi) is 4.05. The third-order valence-corrected chi connectivity index (χ3v) is 7.27. The predicted octanol–water partition coefficient (Wildman–Crippen LogP) is 5.22. The lowest BCUT2D eigenvalue weighted by Gasteiger charge is -2.23. The summed E-state index contributed by atoms with van der Waals surface area (Å²) in [5.74, 6) is 0.138. The molecule has 1 atom stereocenters. The Morgan fingerprint density at radius 3 is 2.83 bits per heavy atom. The van der Waals surface area contributed by atoms with Crippen molar-refractivity contribution >= 4 is 39.9 Å². The van der Waals surface area contributed by atoms with Gasteiger partial charge in [-0.2, -0.15) is 0 Å². The van der Waals surface area contributed by atoms with E-state index in [4.69, 9.17) is 0 Å². The third kappa shape index (κ3) is 2.75. The molecule has 1 saturated heterocycles. The van der Waals surface area contributed by atoms with Gasteiger partial charge in [-0.15, -0.1) is 34.0 Å². The average molecular weight is 361 g/mol. The summed E-state index contributed by atoms with van der Waals surface area (Å²) in [5, 5.41) is 5.08. The number of carbonyl (C=O) groups is 1. The highest BCUT2D eigenvalue weighted by molar-refractivity contribution is 7.22. The molecule has 0 unspecified atom stereocenters. The van der Waals surface area contributed by atoms with Crippen LogP contribution in [-0.4, -0.2) is 22.3 Å². The fourth-order valence-corrected chi connectivity index (χ4v) is 5.71. The average Bonchev–Trinajstić information content (AvgIpc) is 3.31. The topological polar surface area (TPSA) is 33.2 Å². The number of thiazole rings is 1. The Balaban J connectivity index is 1.64. The van der Waals surface area contributed by atoms with Gasteiger partial charge in [0.2, 0.25) is 0 Å². The maximum atomic E-state index is 13.1. The minimum Gasteiger partial charge on any atom is -0.330 e. The molecule has 1 fully saturated rings. The molecule has 3 aromatic heterocycles. The monoisotopic (exact) mass is 360 g/mol. The molecule has 118 valence electrons. The van der Waals surface area contributed by atoms with E-state index in [-0.39, 0.29) is 11.9 Å². The number of hydrogen-bond acceptors (Lipinski definition) is 5. The van der Waals surface area contributed by atoms with Crippen LogP contribution in [0.3, 0.4) is 0 Å². The highest BCUT2D eigenvalue weighted by Gasteiger charge is 2.33. The molecule has 1 aliphatic rings. The number of rotatable bonds is 3. The summed E-state index contributed by atoms with van der Waals surface area (Å²) in [7, 11) is 0. The van der Waals surface area contributed by atoms with Crippen LogP contribution in [0.5, 0.6) is 0 Å². The first-order valence-corrected chi connectivity index (χ1v) is 10.2. The van der Waals surface area contributed by atoms with Crippen LogP contribution < -0.4 is 0 Å². The molecule has 4 heterocycles. The van der Waals surface area contributed by atoms with Crippen LogP contribution in [-0.2, 0) is 0 Å². The van der Waals surface area contributed by atoms with Gasteiger partial charge in [0.1, 0.15) is 9.88 Å². The van der Waals surface area contributed by atoms with Crippen molar-refractivity contribution in [2.24, 2.45) is 0 Å². The number of aromatic nitrogens is 1. The fourth-order valence-electron chi connectivity index (χ4n) is 3.02. The normalized spacial score (nSPS) is 17.8. The molecule has 4 rings (SSSR count). The highest BCUT2D eigenvalue weighted by atomic mass is 32.1. The van der Waals surface area contributed by atoms with Crippen molar-refractivity contribution in [3.8, 4) is 9.88 Å². The van der Waals surface area contributed by atoms with Gasteiger partial charge in [-0.25, -0.2) is 4.98 Å². The minimum absolute atomic E-state index is 0.138. The molecule has 0 aromatic carbocycles. The van der Waals surface area contributed by atoms with E-state index in [0.717, 1.165) is 39.8 Å².